The van der Waals surface area contributed by atoms with Gasteiger partial charge in [-0.25, -0.2) is 9.59 Å². The Bertz CT molecular complexity index is 1350. The van der Waals surface area contributed by atoms with Crippen LogP contribution in [0.4, 0.5) is 0 Å². The van der Waals surface area contributed by atoms with Crippen LogP contribution in [-0.4, -0.2) is 81.3 Å². The van der Waals surface area contributed by atoms with Gasteiger partial charge >= 0.3 is 11.9 Å². The lowest BCUT2D eigenvalue weighted by atomic mass is 9.98. The Labute approximate surface area is 241 Å². The molecule has 1 fully saturated rings. The first-order chi connectivity index (χ1) is 19.6. The number of aliphatic hydroxyl groups is 4. The molecule has 1 aliphatic rings. The molecule has 41 heavy (non-hydrogen) atoms. The zero-order chi connectivity index (χ0) is 29.5. The highest BCUT2D eigenvalue weighted by Gasteiger charge is 2.48. The minimum absolute atomic E-state index is 0.124. The first-order valence-electron chi connectivity index (χ1n) is 13.1. The number of esters is 1. The Balaban J connectivity index is 1.32. The van der Waals surface area contributed by atoms with E-state index in [-0.39, 0.29) is 5.56 Å². The maximum absolute atomic E-state index is 12.8. The van der Waals surface area contributed by atoms with Crippen LogP contribution in [-0.2, 0) is 20.7 Å². The molecule has 6 atom stereocenters. The van der Waals surface area contributed by atoms with E-state index in [0.717, 1.165) is 35.1 Å². The van der Waals surface area contributed by atoms with Gasteiger partial charge in [-0.05, 0) is 65.9 Å². The molecule has 11 heteroatoms. The smallest absolute Gasteiger partial charge is 0.340 e. The van der Waals surface area contributed by atoms with E-state index in [2.05, 4.69) is 5.32 Å². The van der Waals surface area contributed by atoms with Crippen molar-refractivity contribution in [2.75, 3.05) is 13.1 Å². The summed E-state index contributed by atoms with van der Waals surface area (Å²) >= 11 is 5.99. The molecule has 3 aromatic rings. The van der Waals surface area contributed by atoms with E-state index < -0.39 is 48.7 Å². The number of hydrogen-bond acceptors (Lipinski definition) is 9. The van der Waals surface area contributed by atoms with Crippen LogP contribution in [0.2, 0.25) is 5.02 Å². The molecule has 1 heterocycles. The number of carboxylic acid groups (broad SMARTS) is 1. The number of benzene rings is 3. The molecular weight excluding hydrogens is 554 g/mol. The number of aryl methyl sites for hydroxylation is 1. The predicted molar refractivity (Wildman–Crippen MR) is 149 cm³/mol. The van der Waals surface area contributed by atoms with Crippen LogP contribution in [0.1, 0.15) is 34.0 Å². The normalized spacial score (nSPS) is 23.1. The zero-order valence-electron chi connectivity index (χ0n) is 22.0. The van der Waals surface area contributed by atoms with Gasteiger partial charge in [0.05, 0.1) is 11.7 Å². The monoisotopic (exact) mass is 585 g/mol. The average molecular weight is 586 g/mol. The van der Waals surface area contributed by atoms with Gasteiger partial charge in [-0.15, -0.1) is 0 Å². The molecule has 0 saturated carbocycles. The van der Waals surface area contributed by atoms with E-state index in [1.807, 2.05) is 36.4 Å². The van der Waals surface area contributed by atoms with Crippen molar-refractivity contribution in [1.82, 2.24) is 5.32 Å². The first kappa shape index (κ1) is 30.6. The molecule has 0 radical (unpaired) electrons. The summed E-state index contributed by atoms with van der Waals surface area (Å²) in [4.78, 5) is 24.1. The van der Waals surface area contributed by atoms with Gasteiger partial charge in [0, 0.05) is 11.6 Å². The first-order valence-corrected chi connectivity index (χ1v) is 13.5. The zero-order valence-corrected chi connectivity index (χ0v) is 22.7. The Morgan fingerprint density at radius 1 is 0.927 bits per heavy atom. The van der Waals surface area contributed by atoms with Gasteiger partial charge < -0.3 is 40.3 Å². The second-order valence-electron chi connectivity index (χ2n) is 9.80. The molecule has 1 aliphatic heterocycles. The fraction of sp³-hybridized carbons (Fsp3) is 0.333. The Morgan fingerprint density at radius 2 is 1.63 bits per heavy atom. The van der Waals surface area contributed by atoms with Gasteiger partial charge in [0.15, 0.2) is 6.10 Å². The summed E-state index contributed by atoms with van der Waals surface area (Å²) in [6, 6.07) is 21.5. The van der Waals surface area contributed by atoms with Crippen molar-refractivity contribution in [2.24, 2.45) is 0 Å². The molecule has 0 aromatic heterocycles. The van der Waals surface area contributed by atoms with Crippen molar-refractivity contribution in [3.63, 3.8) is 0 Å². The van der Waals surface area contributed by atoms with Gasteiger partial charge in [0.25, 0.3) is 0 Å². The quantitative estimate of drug-likeness (QED) is 0.145. The molecular formula is C30H32ClNO9. The minimum atomic E-state index is -1.88. The van der Waals surface area contributed by atoms with Crippen molar-refractivity contribution in [3.05, 3.63) is 94.5 Å². The lowest BCUT2D eigenvalue weighted by Crippen LogP contribution is -2.60. The van der Waals surface area contributed by atoms with Gasteiger partial charge in [-0.2, -0.15) is 0 Å². The average Bonchev–Trinajstić information content (AvgIpc) is 2.97. The molecule has 0 amide bonds. The lowest BCUT2D eigenvalue weighted by molar-refractivity contribution is -0.278. The summed E-state index contributed by atoms with van der Waals surface area (Å²) in [5, 5.41) is 53.2. The predicted octanol–water partition coefficient (Wildman–Crippen LogP) is 2.31. The van der Waals surface area contributed by atoms with Crippen LogP contribution in [0.3, 0.4) is 0 Å². The number of rotatable bonds is 11. The Hall–Kier alpha value is -3.35. The number of carbonyl (C=O) groups is 2. The van der Waals surface area contributed by atoms with Crippen molar-refractivity contribution < 1.29 is 44.6 Å². The summed E-state index contributed by atoms with van der Waals surface area (Å²) in [5.41, 5.74) is 3.55. The number of halogens is 1. The number of aliphatic hydroxyl groups excluding tert-OH is 4. The van der Waals surface area contributed by atoms with E-state index in [1.165, 1.54) is 6.07 Å². The van der Waals surface area contributed by atoms with Crippen molar-refractivity contribution in [1.29, 1.82) is 0 Å². The highest BCUT2D eigenvalue weighted by Crippen LogP contribution is 2.26. The fourth-order valence-electron chi connectivity index (χ4n) is 4.54. The van der Waals surface area contributed by atoms with Crippen LogP contribution in [0.5, 0.6) is 0 Å². The van der Waals surface area contributed by atoms with E-state index in [4.69, 9.17) is 21.1 Å². The van der Waals surface area contributed by atoms with E-state index >= 15 is 0 Å². The molecule has 6 N–H and O–H groups in total. The van der Waals surface area contributed by atoms with Crippen molar-refractivity contribution in [3.8, 4) is 11.1 Å². The number of ether oxygens (including phenoxy) is 2. The van der Waals surface area contributed by atoms with Crippen LogP contribution < -0.4 is 5.32 Å². The summed E-state index contributed by atoms with van der Waals surface area (Å²) in [6.45, 7) is 1.11. The largest absolute Gasteiger partial charge is 0.479 e. The van der Waals surface area contributed by atoms with Crippen molar-refractivity contribution >= 4 is 23.5 Å². The molecule has 218 valence electrons. The maximum Gasteiger partial charge on any atom is 0.340 e. The van der Waals surface area contributed by atoms with Crippen LogP contribution >= 0.6 is 11.6 Å². The van der Waals surface area contributed by atoms with E-state index in [9.17, 15) is 35.1 Å². The third-order valence-corrected chi connectivity index (χ3v) is 7.02. The van der Waals surface area contributed by atoms with Crippen LogP contribution in [0.25, 0.3) is 11.1 Å². The lowest BCUT2D eigenvalue weighted by Gasteiger charge is -2.37. The number of carbonyl (C=O) groups excluding carboxylic acids is 1. The molecule has 0 bridgehead atoms. The molecule has 4 rings (SSSR count). The van der Waals surface area contributed by atoms with Gasteiger partial charge in [-0.3, -0.25) is 0 Å². The topological polar surface area (TPSA) is 166 Å². The fourth-order valence-corrected chi connectivity index (χ4v) is 4.74. The highest BCUT2D eigenvalue weighted by molar-refractivity contribution is 6.30. The van der Waals surface area contributed by atoms with Gasteiger partial charge in [0.1, 0.15) is 18.3 Å². The van der Waals surface area contributed by atoms with Crippen LogP contribution in [0.15, 0.2) is 72.8 Å². The van der Waals surface area contributed by atoms with Gasteiger partial charge in [0.2, 0.25) is 6.29 Å². The standard InChI is InChI=1S/C30H32ClNO9/c31-22-11-3-9-20(15-22)23(33)16-32-12-4-6-17-5-1-7-18(13-17)19-8-2-10-21(14-19)29(39)41-30-26(36)24(34)25(35)27(40-30)28(37)38/h1-3,5,7-11,13-15,23-27,30,32-36H,4,6,12,16H2,(H,37,38)/t23-,24-,25-,26+,27-,30-/m0/s1. The van der Waals surface area contributed by atoms with Crippen LogP contribution in [0, 0.1) is 0 Å². The Kier molecular flexibility index (Phi) is 10.5. The van der Waals surface area contributed by atoms with Crippen molar-refractivity contribution in [2.45, 2.75) is 49.7 Å². The van der Waals surface area contributed by atoms with E-state index in [0.29, 0.717) is 18.1 Å². The molecule has 0 unspecified atom stereocenters. The third-order valence-electron chi connectivity index (χ3n) is 6.78. The SMILES string of the molecule is O=C(O[C@@H]1O[C@H](C(=O)O)[C@@H](O)[C@H](O)[C@H]1O)c1cccc(-c2cccc(CCCNC[C@H](O)c3cccc(Cl)c3)c2)c1. The highest BCUT2D eigenvalue weighted by atomic mass is 35.5. The van der Waals surface area contributed by atoms with E-state index in [1.54, 1.807) is 30.3 Å². The molecule has 1 saturated heterocycles. The molecule has 0 spiro atoms. The molecule has 3 aromatic carbocycles. The Morgan fingerprint density at radius 3 is 2.37 bits per heavy atom. The number of nitrogens with one attached hydrogen (secondary N) is 1. The summed E-state index contributed by atoms with van der Waals surface area (Å²) in [7, 11) is 0. The number of carboxylic acids is 1. The number of hydrogen-bond donors (Lipinski definition) is 6. The molecule has 0 aliphatic carbocycles. The van der Waals surface area contributed by atoms with Gasteiger partial charge in [-0.1, -0.05) is 60.1 Å². The molecule has 10 nitrogen and oxygen atoms in total. The second-order valence-corrected chi connectivity index (χ2v) is 10.2. The third kappa shape index (κ3) is 7.90. The second kappa shape index (κ2) is 14.0. The number of aliphatic carboxylic acids is 1. The summed E-state index contributed by atoms with van der Waals surface area (Å²) in [5.74, 6) is -2.47. The summed E-state index contributed by atoms with van der Waals surface area (Å²) in [6.07, 6.45) is -8.29. The summed E-state index contributed by atoms with van der Waals surface area (Å²) < 4.78 is 10.2. The minimum Gasteiger partial charge on any atom is -0.479 e. The maximum atomic E-state index is 12.8.